The van der Waals surface area contributed by atoms with Crippen LogP contribution in [0.3, 0.4) is 0 Å². The molecular formula is C17H19N. The second-order valence-corrected chi connectivity index (χ2v) is 5.39. The lowest BCUT2D eigenvalue weighted by molar-refractivity contribution is 0.557. The normalized spacial score (nSPS) is 18.3. The number of rotatable bonds is 3. The van der Waals surface area contributed by atoms with Gasteiger partial charge in [0.05, 0.1) is 0 Å². The number of nitrogens with two attached hydrogens (primary N) is 1. The molecule has 1 atom stereocenters. The van der Waals surface area contributed by atoms with Gasteiger partial charge in [-0.05, 0) is 36.5 Å². The molecule has 1 fully saturated rings. The molecule has 0 spiro atoms. The van der Waals surface area contributed by atoms with E-state index < -0.39 is 0 Å². The standard InChI is InChI=1S/C17H19N/c1-13(18)17(10-11-17)16-9-5-8-15(12-16)14-6-3-2-4-7-14/h2-9,12-13H,10-11,18H2,1H3. The first-order chi connectivity index (χ1) is 8.72. The van der Waals surface area contributed by atoms with E-state index in [1.54, 1.807) is 0 Å². The zero-order valence-electron chi connectivity index (χ0n) is 10.8. The van der Waals surface area contributed by atoms with Crippen LogP contribution in [-0.4, -0.2) is 6.04 Å². The van der Waals surface area contributed by atoms with E-state index in [2.05, 4.69) is 61.5 Å². The van der Waals surface area contributed by atoms with Crippen LogP contribution in [-0.2, 0) is 5.41 Å². The monoisotopic (exact) mass is 237 g/mol. The molecule has 92 valence electrons. The van der Waals surface area contributed by atoms with Crippen molar-refractivity contribution in [2.75, 3.05) is 0 Å². The van der Waals surface area contributed by atoms with Gasteiger partial charge in [-0.25, -0.2) is 0 Å². The Kier molecular flexibility index (Phi) is 2.71. The summed E-state index contributed by atoms with van der Waals surface area (Å²) >= 11 is 0. The highest BCUT2D eigenvalue weighted by Gasteiger charge is 2.47. The van der Waals surface area contributed by atoms with Crippen LogP contribution < -0.4 is 5.73 Å². The third-order valence-electron chi connectivity index (χ3n) is 4.20. The summed E-state index contributed by atoms with van der Waals surface area (Å²) in [5, 5.41) is 0. The van der Waals surface area contributed by atoms with Crippen LogP contribution in [0.4, 0.5) is 0 Å². The molecule has 1 heteroatoms. The molecule has 2 N–H and O–H groups in total. The van der Waals surface area contributed by atoms with E-state index in [0.717, 1.165) is 0 Å². The molecule has 1 aliphatic carbocycles. The van der Waals surface area contributed by atoms with E-state index in [1.165, 1.54) is 29.5 Å². The summed E-state index contributed by atoms with van der Waals surface area (Å²) in [5.74, 6) is 0. The third kappa shape index (κ3) is 1.85. The van der Waals surface area contributed by atoms with Crippen LogP contribution >= 0.6 is 0 Å². The zero-order valence-corrected chi connectivity index (χ0v) is 10.8. The molecular weight excluding hydrogens is 218 g/mol. The molecule has 0 aliphatic heterocycles. The van der Waals surface area contributed by atoms with Gasteiger partial charge >= 0.3 is 0 Å². The lowest BCUT2D eigenvalue weighted by atomic mass is 9.87. The van der Waals surface area contributed by atoms with Gasteiger partial charge in [-0.15, -0.1) is 0 Å². The van der Waals surface area contributed by atoms with Gasteiger partial charge in [0.1, 0.15) is 0 Å². The maximum absolute atomic E-state index is 6.15. The Morgan fingerprint density at radius 3 is 2.22 bits per heavy atom. The van der Waals surface area contributed by atoms with Crippen molar-refractivity contribution in [3.63, 3.8) is 0 Å². The van der Waals surface area contributed by atoms with Gasteiger partial charge < -0.3 is 5.73 Å². The summed E-state index contributed by atoms with van der Waals surface area (Å²) in [6.07, 6.45) is 2.45. The van der Waals surface area contributed by atoms with Crippen LogP contribution in [0.25, 0.3) is 11.1 Å². The minimum Gasteiger partial charge on any atom is -0.327 e. The predicted molar refractivity (Wildman–Crippen MR) is 76.4 cm³/mol. The van der Waals surface area contributed by atoms with Crippen LogP contribution in [0.2, 0.25) is 0 Å². The highest BCUT2D eigenvalue weighted by molar-refractivity contribution is 5.64. The average molecular weight is 237 g/mol. The number of hydrogen-bond donors (Lipinski definition) is 1. The van der Waals surface area contributed by atoms with E-state index in [0.29, 0.717) is 0 Å². The first-order valence-corrected chi connectivity index (χ1v) is 6.64. The fourth-order valence-corrected chi connectivity index (χ4v) is 2.78. The minimum absolute atomic E-state index is 0.239. The molecule has 3 rings (SSSR count). The highest BCUT2D eigenvalue weighted by atomic mass is 14.7. The quantitative estimate of drug-likeness (QED) is 0.864. The van der Waals surface area contributed by atoms with Crippen molar-refractivity contribution in [3.05, 3.63) is 60.2 Å². The van der Waals surface area contributed by atoms with Gasteiger partial charge in [-0.1, -0.05) is 54.6 Å². The second-order valence-electron chi connectivity index (χ2n) is 5.39. The Hall–Kier alpha value is -1.60. The third-order valence-corrected chi connectivity index (χ3v) is 4.20. The SMILES string of the molecule is CC(N)C1(c2cccc(-c3ccccc3)c2)CC1. The summed E-state index contributed by atoms with van der Waals surface area (Å²) < 4.78 is 0. The molecule has 0 radical (unpaired) electrons. The molecule has 2 aromatic carbocycles. The molecule has 0 amide bonds. The van der Waals surface area contributed by atoms with Gasteiger partial charge in [-0.3, -0.25) is 0 Å². The number of hydrogen-bond acceptors (Lipinski definition) is 1. The minimum atomic E-state index is 0.239. The molecule has 1 nitrogen and oxygen atoms in total. The lowest BCUT2D eigenvalue weighted by Gasteiger charge is -2.20. The smallest absolute Gasteiger partial charge is 0.0108 e. The van der Waals surface area contributed by atoms with Crippen molar-refractivity contribution in [3.8, 4) is 11.1 Å². The fraction of sp³-hybridized carbons (Fsp3) is 0.294. The summed E-state index contributed by atoms with van der Waals surface area (Å²) in [5.41, 5.74) is 10.4. The molecule has 0 saturated heterocycles. The molecule has 0 aromatic heterocycles. The average Bonchev–Trinajstić information content (AvgIpc) is 3.21. The topological polar surface area (TPSA) is 26.0 Å². The Balaban J connectivity index is 2.01. The van der Waals surface area contributed by atoms with Crippen molar-refractivity contribution in [1.82, 2.24) is 0 Å². The van der Waals surface area contributed by atoms with Gasteiger partial charge in [0.15, 0.2) is 0 Å². The number of benzene rings is 2. The van der Waals surface area contributed by atoms with Crippen LogP contribution in [0.1, 0.15) is 25.3 Å². The molecule has 1 unspecified atom stereocenters. The van der Waals surface area contributed by atoms with E-state index in [9.17, 15) is 0 Å². The summed E-state index contributed by atoms with van der Waals surface area (Å²) in [4.78, 5) is 0. The molecule has 0 heterocycles. The van der Waals surface area contributed by atoms with Gasteiger partial charge in [0.2, 0.25) is 0 Å². The molecule has 1 aliphatic rings. The maximum Gasteiger partial charge on any atom is 0.0108 e. The molecule has 1 saturated carbocycles. The largest absolute Gasteiger partial charge is 0.327 e. The first kappa shape index (κ1) is 11.5. The van der Waals surface area contributed by atoms with E-state index >= 15 is 0 Å². The van der Waals surface area contributed by atoms with Crippen LogP contribution in [0.15, 0.2) is 54.6 Å². The Morgan fingerprint density at radius 1 is 0.944 bits per heavy atom. The highest BCUT2D eigenvalue weighted by Crippen LogP contribution is 2.50. The summed E-state index contributed by atoms with van der Waals surface area (Å²) in [7, 11) is 0. The Morgan fingerprint density at radius 2 is 1.61 bits per heavy atom. The molecule has 2 aromatic rings. The van der Waals surface area contributed by atoms with Crippen molar-refractivity contribution >= 4 is 0 Å². The fourth-order valence-electron chi connectivity index (χ4n) is 2.78. The van der Waals surface area contributed by atoms with Crippen molar-refractivity contribution in [2.24, 2.45) is 5.73 Å². The summed E-state index contributed by atoms with van der Waals surface area (Å²) in [6.45, 7) is 2.13. The van der Waals surface area contributed by atoms with Crippen LogP contribution in [0, 0.1) is 0 Å². The van der Waals surface area contributed by atoms with Crippen molar-refractivity contribution in [2.45, 2.75) is 31.2 Å². The van der Waals surface area contributed by atoms with Gasteiger partial charge in [-0.2, -0.15) is 0 Å². The maximum atomic E-state index is 6.15. The second kappa shape index (κ2) is 4.25. The molecule has 18 heavy (non-hydrogen) atoms. The summed E-state index contributed by atoms with van der Waals surface area (Å²) in [6, 6.07) is 19.6. The van der Waals surface area contributed by atoms with Crippen molar-refractivity contribution in [1.29, 1.82) is 0 Å². The van der Waals surface area contributed by atoms with Crippen LogP contribution in [0.5, 0.6) is 0 Å². The van der Waals surface area contributed by atoms with Gasteiger partial charge in [0.25, 0.3) is 0 Å². The Labute approximate surface area is 109 Å². The lowest BCUT2D eigenvalue weighted by Crippen LogP contribution is -2.31. The first-order valence-electron chi connectivity index (χ1n) is 6.64. The predicted octanol–water partition coefficient (Wildman–Crippen LogP) is 3.73. The zero-order chi connectivity index (χ0) is 12.6. The molecule has 0 bridgehead atoms. The van der Waals surface area contributed by atoms with Crippen molar-refractivity contribution < 1.29 is 0 Å². The van der Waals surface area contributed by atoms with E-state index in [-0.39, 0.29) is 11.5 Å². The Bertz CT molecular complexity index is 539. The van der Waals surface area contributed by atoms with E-state index in [1.807, 2.05) is 0 Å². The van der Waals surface area contributed by atoms with Gasteiger partial charge in [0, 0.05) is 11.5 Å². The van der Waals surface area contributed by atoms with E-state index in [4.69, 9.17) is 5.73 Å².